The van der Waals surface area contributed by atoms with Gasteiger partial charge in [-0.3, -0.25) is 20.2 Å². The van der Waals surface area contributed by atoms with E-state index in [1.54, 1.807) is 0 Å². The molecule has 0 amide bonds. The molecule has 0 atom stereocenters. The normalized spacial score (nSPS) is 11.6. The number of hydrogen-bond donors (Lipinski definition) is 3. The van der Waals surface area contributed by atoms with Crippen LogP contribution in [0.5, 0.6) is 11.5 Å². The van der Waals surface area contributed by atoms with Gasteiger partial charge in [-0.15, -0.1) is 5.70 Å². The van der Waals surface area contributed by atoms with Crippen LogP contribution in [0, 0.1) is 20.2 Å². The zero-order chi connectivity index (χ0) is 19.4. The van der Waals surface area contributed by atoms with E-state index in [0.717, 1.165) is 24.3 Å². The number of aromatic hydroxyl groups is 2. The van der Waals surface area contributed by atoms with Crippen molar-refractivity contribution in [1.82, 2.24) is 0 Å². The van der Waals surface area contributed by atoms with Gasteiger partial charge < -0.3 is 21.7 Å². The third kappa shape index (κ3) is 4.74. The molecule has 0 aliphatic rings. The van der Waals surface area contributed by atoms with E-state index in [1.165, 1.54) is 24.3 Å². The first-order chi connectivity index (χ1) is 12.2. The SMILES string of the molecule is [Co].[NH-]C(=Cc1cccc([N+](=O)[O-])c1O)C(N)=Cc1cccc([N+](=O)[O-])c1O. The molecular formula is C16H13CoN4O6-. The summed E-state index contributed by atoms with van der Waals surface area (Å²) in [6, 6.07) is 7.63. The van der Waals surface area contributed by atoms with E-state index in [0.29, 0.717) is 0 Å². The van der Waals surface area contributed by atoms with Crippen molar-refractivity contribution in [2.24, 2.45) is 5.73 Å². The monoisotopic (exact) mass is 416 g/mol. The maximum Gasteiger partial charge on any atom is 0.311 e. The fraction of sp³-hybridized carbons (Fsp3) is 0. The molecule has 0 spiro atoms. The van der Waals surface area contributed by atoms with Gasteiger partial charge in [-0.1, -0.05) is 30.3 Å². The summed E-state index contributed by atoms with van der Waals surface area (Å²) in [6.07, 6.45) is 2.25. The molecule has 0 aliphatic carbocycles. The maximum absolute atomic E-state index is 10.8. The van der Waals surface area contributed by atoms with Gasteiger partial charge >= 0.3 is 11.4 Å². The molecule has 1 radical (unpaired) electrons. The Bertz CT molecular complexity index is 880. The Kier molecular flexibility index (Phi) is 6.91. The molecule has 0 saturated carbocycles. The van der Waals surface area contributed by atoms with Crippen molar-refractivity contribution < 1.29 is 36.8 Å². The van der Waals surface area contributed by atoms with Gasteiger partial charge in [0, 0.05) is 45.7 Å². The molecule has 0 bridgehead atoms. The number of nitrogens with one attached hydrogen (secondary N) is 1. The summed E-state index contributed by atoms with van der Waals surface area (Å²) in [5.74, 6) is -1.22. The van der Waals surface area contributed by atoms with Gasteiger partial charge in [-0.05, 0) is 6.08 Å². The minimum absolute atomic E-state index is 0. The van der Waals surface area contributed by atoms with Gasteiger partial charge in [-0.2, -0.15) is 0 Å². The Morgan fingerprint density at radius 2 is 1.33 bits per heavy atom. The minimum Gasteiger partial charge on any atom is -0.697 e. The number of rotatable bonds is 5. The van der Waals surface area contributed by atoms with E-state index >= 15 is 0 Å². The summed E-state index contributed by atoms with van der Waals surface area (Å²) < 4.78 is 0. The van der Waals surface area contributed by atoms with Crippen molar-refractivity contribution in [3.8, 4) is 11.5 Å². The van der Waals surface area contributed by atoms with Crippen LogP contribution in [-0.2, 0) is 16.8 Å². The molecular weight excluding hydrogens is 403 g/mol. The smallest absolute Gasteiger partial charge is 0.311 e. The van der Waals surface area contributed by atoms with Crippen LogP contribution in [0.1, 0.15) is 11.1 Å². The van der Waals surface area contributed by atoms with Crippen LogP contribution in [-0.4, -0.2) is 20.1 Å². The summed E-state index contributed by atoms with van der Waals surface area (Å²) >= 11 is 0. The second-order valence-corrected chi connectivity index (χ2v) is 5.10. The fourth-order valence-electron chi connectivity index (χ4n) is 2.11. The number of phenols is 2. The van der Waals surface area contributed by atoms with Crippen LogP contribution in [0.4, 0.5) is 11.4 Å². The average molecular weight is 416 g/mol. The first kappa shape index (κ1) is 21.5. The minimum atomic E-state index is -0.767. The Balaban J connectivity index is 0.00000364. The molecule has 2 aromatic carbocycles. The van der Waals surface area contributed by atoms with Crippen LogP contribution in [0.2, 0.25) is 0 Å². The molecule has 0 fully saturated rings. The summed E-state index contributed by atoms with van der Waals surface area (Å²) in [7, 11) is 0. The standard InChI is InChI=1S/C16H13N4O6.Co/c17-11(7-9-3-1-5-13(15(9)21)19(23)24)12(18)8-10-4-2-6-14(16(10)22)20(25)26;/h1-8,17,21-22H,18H2;/q-1;. The van der Waals surface area contributed by atoms with Crippen LogP contribution in [0.3, 0.4) is 0 Å². The molecule has 10 nitrogen and oxygen atoms in total. The van der Waals surface area contributed by atoms with Crippen LogP contribution < -0.4 is 5.73 Å². The molecule has 27 heavy (non-hydrogen) atoms. The second-order valence-electron chi connectivity index (χ2n) is 5.10. The molecule has 143 valence electrons. The number of nitrogens with two attached hydrogens (primary N) is 1. The van der Waals surface area contributed by atoms with E-state index in [4.69, 9.17) is 11.5 Å². The van der Waals surface area contributed by atoms with Crippen molar-refractivity contribution in [1.29, 1.82) is 0 Å². The van der Waals surface area contributed by atoms with E-state index < -0.39 is 32.7 Å². The second kappa shape index (κ2) is 8.69. The Morgan fingerprint density at radius 3 is 1.74 bits per heavy atom. The van der Waals surface area contributed by atoms with Gasteiger partial charge in [0.25, 0.3) is 0 Å². The van der Waals surface area contributed by atoms with Crippen molar-refractivity contribution >= 4 is 23.5 Å². The van der Waals surface area contributed by atoms with Gasteiger partial charge in [0.1, 0.15) is 0 Å². The van der Waals surface area contributed by atoms with Crippen molar-refractivity contribution in [2.75, 3.05) is 0 Å². The topological polar surface area (TPSA) is 177 Å². The Hall–Kier alpha value is -3.57. The number of benzene rings is 2. The predicted octanol–water partition coefficient (Wildman–Crippen LogP) is 3.30. The van der Waals surface area contributed by atoms with E-state index in [9.17, 15) is 30.4 Å². The summed E-state index contributed by atoms with van der Waals surface area (Å²) in [5.41, 5.74) is 12.2. The third-order valence-electron chi connectivity index (χ3n) is 3.41. The summed E-state index contributed by atoms with van der Waals surface area (Å²) in [6.45, 7) is 0. The molecule has 11 heteroatoms. The van der Waals surface area contributed by atoms with E-state index in [-0.39, 0.29) is 39.3 Å². The van der Waals surface area contributed by atoms with E-state index in [1.807, 2.05) is 0 Å². The van der Waals surface area contributed by atoms with Crippen molar-refractivity contribution in [2.45, 2.75) is 0 Å². The van der Waals surface area contributed by atoms with Gasteiger partial charge in [0.15, 0.2) is 0 Å². The van der Waals surface area contributed by atoms with Crippen molar-refractivity contribution in [3.05, 3.63) is 84.9 Å². The molecule has 2 rings (SSSR count). The average Bonchev–Trinajstić information content (AvgIpc) is 2.57. The number of phenolic OH excluding ortho intramolecular Hbond substituents is 2. The number of hydrogen-bond acceptors (Lipinski definition) is 7. The zero-order valence-electron chi connectivity index (χ0n) is 13.5. The number of nitrogens with zero attached hydrogens (tertiary/aromatic N) is 2. The van der Waals surface area contributed by atoms with Crippen LogP contribution in [0.15, 0.2) is 47.8 Å². The quantitative estimate of drug-likeness (QED) is 0.380. The number of nitro benzene ring substituents is 2. The molecule has 0 unspecified atom stereocenters. The maximum atomic E-state index is 10.8. The fourth-order valence-corrected chi connectivity index (χ4v) is 2.11. The van der Waals surface area contributed by atoms with Gasteiger partial charge in [0.2, 0.25) is 11.5 Å². The van der Waals surface area contributed by atoms with Gasteiger partial charge in [-0.25, -0.2) is 0 Å². The first-order valence-electron chi connectivity index (χ1n) is 7.06. The van der Waals surface area contributed by atoms with Crippen molar-refractivity contribution in [3.63, 3.8) is 0 Å². The molecule has 0 heterocycles. The Labute approximate surface area is 162 Å². The van der Waals surface area contributed by atoms with Gasteiger partial charge in [0.05, 0.1) is 9.85 Å². The Morgan fingerprint density at radius 1 is 0.926 bits per heavy atom. The van der Waals surface area contributed by atoms with Crippen LogP contribution >= 0.6 is 0 Å². The number of para-hydroxylation sites is 2. The molecule has 0 saturated heterocycles. The molecule has 0 aromatic heterocycles. The molecule has 0 aliphatic heterocycles. The van der Waals surface area contributed by atoms with E-state index in [2.05, 4.69) is 0 Å². The summed E-state index contributed by atoms with van der Waals surface area (Å²) in [4.78, 5) is 20.1. The third-order valence-corrected chi connectivity index (χ3v) is 3.41. The van der Waals surface area contributed by atoms with Crippen LogP contribution in [0.25, 0.3) is 17.9 Å². The molecule has 5 N–H and O–H groups in total. The molecule has 2 aromatic rings. The largest absolute Gasteiger partial charge is 0.697 e. The summed E-state index contributed by atoms with van der Waals surface area (Å²) in [5, 5.41) is 41.4. The first-order valence-corrected chi connectivity index (χ1v) is 7.06. The zero-order valence-corrected chi connectivity index (χ0v) is 14.5. The number of nitro groups is 2. The predicted molar refractivity (Wildman–Crippen MR) is 94.0 cm³/mol.